The van der Waals surface area contributed by atoms with Crippen LogP contribution >= 0.6 is 11.6 Å². The number of nitrogens with zero attached hydrogens (tertiary/aromatic N) is 2. The molecule has 1 aromatic carbocycles. The quantitative estimate of drug-likeness (QED) is 0.705. The first kappa shape index (κ1) is 14.8. The predicted octanol–water partition coefficient (Wildman–Crippen LogP) is 3.65. The van der Waals surface area contributed by atoms with Gasteiger partial charge >= 0.3 is 0 Å². The zero-order valence-electron chi connectivity index (χ0n) is 12.5. The summed E-state index contributed by atoms with van der Waals surface area (Å²) in [4.78, 5) is 12.5. The van der Waals surface area contributed by atoms with Crippen LogP contribution in [0.3, 0.4) is 0 Å². The number of methoxy groups -OCH3 is 1. The third-order valence-electron chi connectivity index (χ3n) is 3.30. The Morgan fingerprint density at radius 3 is 2.91 bits per heavy atom. The molecule has 5 nitrogen and oxygen atoms in total. The number of hydrogen-bond donors (Lipinski definition) is 2. The topological polar surface area (TPSA) is 62.8 Å². The summed E-state index contributed by atoms with van der Waals surface area (Å²) in [5.41, 5.74) is 2.74. The molecule has 2 aromatic heterocycles. The van der Waals surface area contributed by atoms with E-state index < -0.39 is 0 Å². The van der Waals surface area contributed by atoms with Crippen molar-refractivity contribution in [2.45, 2.75) is 6.92 Å². The van der Waals surface area contributed by atoms with Crippen LogP contribution in [0.15, 0.2) is 30.3 Å². The van der Waals surface area contributed by atoms with Crippen molar-refractivity contribution < 1.29 is 4.74 Å². The zero-order chi connectivity index (χ0) is 15.5. The van der Waals surface area contributed by atoms with Crippen LogP contribution in [0.25, 0.3) is 22.4 Å². The van der Waals surface area contributed by atoms with Crippen LogP contribution in [-0.2, 0) is 4.74 Å². The van der Waals surface area contributed by atoms with Gasteiger partial charge in [0.25, 0.3) is 0 Å². The SMILES string of the molecule is COCCNc1nc(-c2cccc(Cl)c2)nc2[nH]c(C)cc12. The van der Waals surface area contributed by atoms with Gasteiger partial charge in [0, 0.05) is 29.9 Å². The highest BCUT2D eigenvalue weighted by molar-refractivity contribution is 6.30. The average Bonchev–Trinajstić information content (AvgIpc) is 2.88. The van der Waals surface area contributed by atoms with Gasteiger partial charge in [-0.15, -0.1) is 0 Å². The van der Waals surface area contributed by atoms with E-state index in [-0.39, 0.29) is 0 Å². The Kier molecular flexibility index (Phi) is 4.27. The van der Waals surface area contributed by atoms with Crippen molar-refractivity contribution in [1.82, 2.24) is 15.0 Å². The second-order valence-corrected chi connectivity index (χ2v) is 5.48. The fourth-order valence-corrected chi connectivity index (χ4v) is 2.49. The Labute approximate surface area is 133 Å². The molecule has 0 aliphatic rings. The molecule has 0 spiro atoms. The number of nitrogens with one attached hydrogen (secondary N) is 2. The summed E-state index contributed by atoms with van der Waals surface area (Å²) >= 11 is 6.06. The second-order valence-electron chi connectivity index (χ2n) is 5.04. The molecule has 0 radical (unpaired) electrons. The lowest BCUT2D eigenvalue weighted by molar-refractivity contribution is 0.210. The molecule has 0 amide bonds. The van der Waals surface area contributed by atoms with Gasteiger partial charge in [0.2, 0.25) is 0 Å². The molecule has 3 rings (SSSR count). The van der Waals surface area contributed by atoms with E-state index in [1.54, 1.807) is 7.11 Å². The molecule has 0 saturated carbocycles. The molecule has 2 heterocycles. The number of ether oxygens (including phenoxy) is 1. The number of aromatic nitrogens is 3. The van der Waals surface area contributed by atoms with Gasteiger partial charge in [-0.05, 0) is 25.1 Å². The highest BCUT2D eigenvalue weighted by atomic mass is 35.5. The first-order chi connectivity index (χ1) is 10.7. The van der Waals surface area contributed by atoms with Crippen molar-refractivity contribution in [3.8, 4) is 11.4 Å². The van der Waals surface area contributed by atoms with Crippen molar-refractivity contribution in [3.63, 3.8) is 0 Å². The number of H-pyrrole nitrogens is 1. The highest BCUT2D eigenvalue weighted by Crippen LogP contribution is 2.26. The molecule has 2 N–H and O–H groups in total. The minimum absolute atomic E-state index is 0.612. The molecule has 0 fully saturated rings. The smallest absolute Gasteiger partial charge is 0.163 e. The van der Waals surface area contributed by atoms with E-state index in [4.69, 9.17) is 16.3 Å². The lowest BCUT2D eigenvalue weighted by Crippen LogP contribution is -2.09. The summed E-state index contributed by atoms with van der Waals surface area (Å²) in [6.07, 6.45) is 0. The molecule has 0 saturated heterocycles. The molecule has 0 atom stereocenters. The number of halogens is 1. The second kappa shape index (κ2) is 6.34. The zero-order valence-corrected chi connectivity index (χ0v) is 13.2. The summed E-state index contributed by atoms with van der Waals surface area (Å²) in [7, 11) is 1.68. The third-order valence-corrected chi connectivity index (χ3v) is 3.54. The first-order valence-electron chi connectivity index (χ1n) is 7.03. The van der Waals surface area contributed by atoms with Crippen molar-refractivity contribution in [2.24, 2.45) is 0 Å². The van der Waals surface area contributed by atoms with Crippen LogP contribution in [0.1, 0.15) is 5.69 Å². The maximum atomic E-state index is 6.06. The van der Waals surface area contributed by atoms with Crippen molar-refractivity contribution >= 4 is 28.5 Å². The molecule has 0 unspecified atom stereocenters. The average molecular weight is 317 g/mol. The summed E-state index contributed by atoms with van der Waals surface area (Å²) in [6.45, 7) is 3.29. The Morgan fingerprint density at radius 1 is 1.27 bits per heavy atom. The van der Waals surface area contributed by atoms with E-state index >= 15 is 0 Å². The van der Waals surface area contributed by atoms with Crippen LogP contribution in [0.5, 0.6) is 0 Å². The minimum Gasteiger partial charge on any atom is -0.383 e. The third kappa shape index (κ3) is 3.05. The van der Waals surface area contributed by atoms with Crippen LogP contribution in [0.2, 0.25) is 5.02 Å². The molecule has 3 aromatic rings. The van der Waals surface area contributed by atoms with Gasteiger partial charge in [0.05, 0.1) is 12.0 Å². The maximum Gasteiger partial charge on any atom is 0.163 e. The van der Waals surface area contributed by atoms with Crippen molar-refractivity contribution in [3.05, 3.63) is 41.0 Å². The fraction of sp³-hybridized carbons (Fsp3) is 0.250. The number of hydrogen-bond acceptors (Lipinski definition) is 4. The molecule has 0 aliphatic heterocycles. The lowest BCUT2D eigenvalue weighted by Gasteiger charge is -2.08. The van der Waals surface area contributed by atoms with Crippen LogP contribution in [-0.4, -0.2) is 35.2 Å². The van der Waals surface area contributed by atoms with E-state index in [2.05, 4.69) is 20.3 Å². The number of benzene rings is 1. The highest BCUT2D eigenvalue weighted by Gasteiger charge is 2.11. The molecule has 0 bridgehead atoms. The normalized spacial score (nSPS) is 11.0. The molecule has 22 heavy (non-hydrogen) atoms. The van der Waals surface area contributed by atoms with E-state index in [0.717, 1.165) is 28.1 Å². The summed E-state index contributed by atoms with van der Waals surface area (Å²) < 4.78 is 5.08. The van der Waals surface area contributed by atoms with E-state index in [0.29, 0.717) is 24.0 Å². The van der Waals surface area contributed by atoms with Gasteiger partial charge in [0.1, 0.15) is 11.5 Å². The number of aryl methyl sites for hydroxylation is 1. The summed E-state index contributed by atoms with van der Waals surface area (Å²) in [5.74, 6) is 1.43. The molecule has 6 heteroatoms. The Bertz CT molecular complexity index is 800. The number of fused-ring (bicyclic) bond motifs is 1. The number of aromatic amines is 1. The molecular formula is C16H17ClN4O. The van der Waals surface area contributed by atoms with Crippen LogP contribution in [0.4, 0.5) is 5.82 Å². The van der Waals surface area contributed by atoms with Gasteiger partial charge in [0.15, 0.2) is 5.82 Å². The first-order valence-corrected chi connectivity index (χ1v) is 7.41. The van der Waals surface area contributed by atoms with Crippen molar-refractivity contribution in [2.75, 3.05) is 25.6 Å². The van der Waals surface area contributed by atoms with Crippen LogP contribution in [0, 0.1) is 6.92 Å². The van der Waals surface area contributed by atoms with E-state index in [1.165, 1.54) is 0 Å². The van der Waals surface area contributed by atoms with E-state index in [9.17, 15) is 0 Å². The van der Waals surface area contributed by atoms with Gasteiger partial charge in [-0.3, -0.25) is 0 Å². The predicted molar refractivity (Wildman–Crippen MR) is 89.4 cm³/mol. The molecule has 0 aliphatic carbocycles. The van der Waals surface area contributed by atoms with Gasteiger partial charge in [-0.25, -0.2) is 9.97 Å². The van der Waals surface area contributed by atoms with Crippen LogP contribution < -0.4 is 5.32 Å². The Hall–Kier alpha value is -2.11. The fourth-order valence-electron chi connectivity index (χ4n) is 2.30. The largest absolute Gasteiger partial charge is 0.383 e. The lowest BCUT2D eigenvalue weighted by atomic mass is 10.2. The Balaban J connectivity index is 2.07. The number of rotatable bonds is 5. The van der Waals surface area contributed by atoms with Crippen molar-refractivity contribution in [1.29, 1.82) is 0 Å². The number of anilines is 1. The summed E-state index contributed by atoms with van der Waals surface area (Å²) in [5, 5.41) is 4.93. The Morgan fingerprint density at radius 2 is 2.14 bits per heavy atom. The minimum atomic E-state index is 0.612. The van der Waals surface area contributed by atoms with Gasteiger partial charge in [-0.1, -0.05) is 23.7 Å². The van der Waals surface area contributed by atoms with Gasteiger partial charge in [-0.2, -0.15) is 0 Å². The standard InChI is InChI=1S/C16H17ClN4O/c1-10-8-13-15(18-6-7-22-2)20-14(21-16(13)19-10)11-4-3-5-12(17)9-11/h3-5,8-9H,6-7H2,1-2H3,(H2,18,19,20,21). The van der Waals surface area contributed by atoms with Gasteiger partial charge < -0.3 is 15.0 Å². The molecular weight excluding hydrogens is 300 g/mol. The summed E-state index contributed by atoms with van der Waals surface area (Å²) in [6, 6.07) is 9.56. The molecule has 114 valence electrons. The monoisotopic (exact) mass is 316 g/mol. The maximum absolute atomic E-state index is 6.06. The van der Waals surface area contributed by atoms with E-state index in [1.807, 2.05) is 37.3 Å².